The molecule has 1 aromatic carbocycles. The number of amides is 2. The average molecular weight is 392 g/mol. The van der Waals surface area contributed by atoms with Gasteiger partial charge in [-0.05, 0) is 42.3 Å². The summed E-state index contributed by atoms with van der Waals surface area (Å²) in [6, 6.07) is 13.0. The Bertz CT molecular complexity index is 995. The van der Waals surface area contributed by atoms with E-state index in [9.17, 15) is 14.0 Å². The number of nitrogens with zero attached hydrogens (tertiary/aromatic N) is 3. The molecule has 2 heterocycles. The van der Waals surface area contributed by atoms with Gasteiger partial charge in [-0.25, -0.2) is 4.39 Å². The summed E-state index contributed by atoms with van der Waals surface area (Å²) in [5.41, 5.74) is 1.94. The summed E-state index contributed by atoms with van der Waals surface area (Å²) < 4.78 is 13.7. The van der Waals surface area contributed by atoms with Crippen LogP contribution in [0.3, 0.4) is 0 Å². The van der Waals surface area contributed by atoms with E-state index in [1.165, 1.54) is 24.4 Å². The molecular formula is C22H21FN4O2. The highest BCUT2D eigenvalue weighted by Gasteiger charge is 2.16. The standard InChI is InChI=1S/C22H21FN4O2/c1-27(13-9-16-6-10-24-11-7-16)22(29)20-14-17(8-12-25-20)21(28)26-15-18-4-2-3-5-19(18)23/h2-8,10-12,14H,9,13,15H2,1H3,(H,26,28). The molecule has 0 atom stereocenters. The highest BCUT2D eigenvalue weighted by molar-refractivity contribution is 5.98. The topological polar surface area (TPSA) is 75.2 Å². The van der Waals surface area contributed by atoms with Gasteiger partial charge in [0.05, 0.1) is 0 Å². The lowest BCUT2D eigenvalue weighted by Gasteiger charge is -2.17. The third kappa shape index (κ3) is 5.44. The van der Waals surface area contributed by atoms with E-state index >= 15 is 0 Å². The fourth-order valence-electron chi connectivity index (χ4n) is 2.75. The summed E-state index contributed by atoms with van der Waals surface area (Å²) in [5, 5.41) is 2.66. The number of carbonyl (C=O) groups is 2. The quantitative estimate of drug-likeness (QED) is 0.671. The Morgan fingerprint density at radius 2 is 1.83 bits per heavy atom. The first-order valence-electron chi connectivity index (χ1n) is 9.16. The smallest absolute Gasteiger partial charge is 0.272 e. The molecule has 6 nitrogen and oxygen atoms in total. The Hall–Kier alpha value is -3.61. The number of aromatic nitrogens is 2. The van der Waals surface area contributed by atoms with Gasteiger partial charge in [0, 0.05) is 49.9 Å². The maximum Gasteiger partial charge on any atom is 0.272 e. The summed E-state index contributed by atoms with van der Waals surface area (Å²) in [6.07, 6.45) is 5.53. The SMILES string of the molecule is CN(CCc1ccncc1)C(=O)c1cc(C(=O)NCc2ccccc2F)ccn1. The predicted octanol–water partition coefficient (Wildman–Crippen LogP) is 2.86. The molecule has 3 aromatic rings. The van der Waals surface area contributed by atoms with Crippen molar-refractivity contribution in [3.05, 3.63) is 95.3 Å². The third-order valence-corrected chi connectivity index (χ3v) is 4.47. The van der Waals surface area contributed by atoms with Gasteiger partial charge in [0.2, 0.25) is 0 Å². The molecule has 0 unspecified atom stereocenters. The van der Waals surface area contributed by atoms with E-state index in [2.05, 4.69) is 15.3 Å². The minimum atomic E-state index is -0.399. The molecule has 0 saturated heterocycles. The third-order valence-electron chi connectivity index (χ3n) is 4.47. The van der Waals surface area contributed by atoms with Gasteiger partial charge in [-0.1, -0.05) is 18.2 Å². The van der Waals surface area contributed by atoms with Crippen molar-refractivity contribution in [1.82, 2.24) is 20.2 Å². The normalized spacial score (nSPS) is 10.4. The van der Waals surface area contributed by atoms with Gasteiger partial charge in [-0.3, -0.25) is 19.6 Å². The number of nitrogens with one attached hydrogen (secondary N) is 1. The Morgan fingerprint density at radius 3 is 2.59 bits per heavy atom. The predicted molar refractivity (Wildman–Crippen MR) is 107 cm³/mol. The van der Waals surface area contributed by atoms with Crippen LogP contribution in [0.2, 0.25) is 0 Å². The zero-order valence-electron chi connectivity index (χ0n) is 16.0. The summed E-state index contributed by atoms with van der Waals surface area (Å²) in [4.78, 5) is 34.6. The summed E-state index contributed by atoms with van der Waals surface area (Å²) in [5.74, 6) is -1.05. The molecular weight excluding hydrogens is 371 g/mol. The number of benzene rings is 1. The van der Waals surface area contributed by atoms with E-state index < -0.39 is 5.91 Å². The van der Waals surface area contributed by atoms with Crippen LogP contribution in [-0.2, 0) is 13.0 Å². The second-order valence-corrected chi connectivity index (χ2v) is 6.54. The van der Waals surface area contributed by atoms with Gasteiger partial charge in [0.1, 0.15) is 11.5 Å². The maximum atomic E-state index is 13.7. The van der Waals surface area contributed by atoms with E-state index in [0.717, 1.165) is 5.56 Å². The van der Waals surface area contributed by atoms with Crippen LogP contribution in [0.5, 0.6) is 0 Å². The zero-order chi connectivity index (χ0) is 20.6. The van der Waals surface area contributed by atoms with Gasteiger partial charge in [0.15, 0.2) is 0 Å². The van der Waals surface area contributed by atoms with E-state index in [1.54, 1.807) is 42.5 Å². The summed E-state index contributed by atoms with van der Waals surface area (Å²) in [6.45, 7) is 0.567. The lowest BCUT2D eigenvalue weighted by Crippen LogP contribution is -2.30. The summed E-state index contributed by atoms with van der Waals surface area (Å²) >= 11 is 0. The minimum absolute atomic E-state index is 0.0585. The largest absolute Gasteiger partial charge is 0.348 e. The van der Waals surface area contributed by atoms with Gasteiger partial charge in [-0.2, -0.15) is 0 Å². The lowest BCUT2D eigenvalue weighted by atomic mass is 10.1. The van der Waals surface area contributed by atoms with Crippen molar-refractivity contribution < 1.29 is 14.0 Å². The van der Waals surface area contributed by atoms with Gasteiger partial charge < -0.3 is 10.2 Å². The van der Waals surface area contributed by atoms with Crippen LogP contribution in [0.4, 0.5) is 4.39 Å². The fourth-order valence-corrected chi connectivity index (χ4v) is 2.75. The Balaban J connectivity index is 1.61. The van der Waals surface area contributed by atoms with Crippen molar-refractivity contribution in [2.45, 2.75) is 13.0 Å². The van der Waals surface area contributed by atoms with E-state index in [4.69, 9.17) is 0 Å². The van der Waals surface area contributed by atoms with Crippen LogP contribution in [-0.4, -0.2) is 40.3 Å². The molecule has 0 aliphatic carbocycles. The molecule has 7 heteroatoms. The van der Waals surface area contributed by atoms with Crippen LogP contribution in [0.25, 0.3) is 0 Å². The molecule has 0 bridgehead atoms. The second kappa shape index (κ2) is 9.54. The van der Waals surface area contributed by atoms with Crippen LogP contribution < -0.4 is 5.32 Å². The van der Waals surface area contributed by atoms with Crippen molar-refractivity contribution in [3.8, 4) is 0 Å². The number of hydrogen-bond donors (Lipinski definition) is 1. The van der Waals surface area contributed by atoms with Crippen molar-refractivity contribution >= 4 is 11.8 Å². The molecule has 2 amide bonds. The molecule has 0 fully saturated rings. The molecule has 3 rings (SSSR count). The number of hydrogen-bond acceptors (Lipinski definition) is 4. The molecule has 0 aliphatic rings. The van der Waals surface area contributed by atoms with Crippen LogP contribution >= 0.6 is 0 Å². The second-order valence-electron chi connectivity index (χ2n) is 6.54. The molecule has 0 aliphatic heterocycles. The first-order chi connectivity index (χ1) is 14.0. The van der Waals surface area contributed by atoms with Gasteiger partial charge >= 0.3 is 0 Å². The van der Waals surface area contributed by atoms with Crippen LogP contribution in [0, 0.1) is 5.82 Å². The minimum Gasteiger partial charge on any atom is -0.348 e. The molecule has 0 radical (unpaired) electrons. The van der Waals surface area contributed by atoms with Crippen LogP contribution in [0.15, 0.2) is 67.1 Å². The first-order valence-corrected chi connectivity index (χ1v) is 9.16. The summed E-state index contributed by atoms with van der Waals surface area (Å²) in [7, 11) is 1.69. The van der Waals surface area contributed by atoms with E-state index in [0.29, 0.717) is 24.1 Å². The molecule has 2 aromatic heterocycles. The van der Waals surface area contributed by atoms with E-state index in [-0.39, 0.29) is 24.0 Å². The molecule has 29 heavy (non-hydrogen) atoms. The van der Waals surface area contributed by atoms with Crippen molar-refractivity contribution in [1.29, 1.82) is 0 Å². The lowest BCUT2D eigenvalue weighted by molar-refractivity contribution is 0.0791. The fraction of sp³-hybridized carbons (Fsp3) is 0.182. The zero-order valence-corrected chi connectivity index (χ0v) is 16.0. The number of pyridine rings is 2. The molecule has 148 valence electrons. The maximum absolute atomic E-state index is 13.7. The number of carbonyl (C=O) groups excluding carboxylic acids is 2. The monoisotopic (exact) mass is 392 g/mol. The van der Waals surface area contributed by atoms with Gasteiger partial charge in [0.25, 0.3) is 11.8 Å². The number of likely N-dealkylation sites (N-methyl/N-ethyl adjacent to an activating group) is 1. The Kier molecular flexibility index (Phi) is 6.63. The Labute approximate surface area is 168 Å². The van der Waals surface area contributed by atoms with Crippen molar-refractivity contribution in [3.63, 3.8) is 0 Å². The average Bonchev–Trinajstić information content (AvgIpc) is 2.77. The van der Waals surface area contributed by atoms with Gasteiger partial charge in [-0.15, -0.1) is 0 Å². The number of halogens is 1. The molecule has 0 saturated carbocycles. The highest BCUT2D eigenvalue weighted by atomic mass is 19.1. The van der Waals surface area contributed by atoms with Crippen LogP contribution in [0.1, 0.15) is 32.0 Å². The number of rotatable bonds is 7. The molecule has 1 N–H and O–H groups in total. The van der Waals surface area contributed by atoms with Crippen molar-refractivity contribution in [2.75, 3.05) is 13.6 Å². The molecule has 0 spiro atoms. The van der Waals surface area contributed by atoms with E-state index in [1.807, 2.05) is 12.1 Å². The Morgan fingerprint density at radius 1 is 1.07 bits per heavy atom. The highest BCUT2D eigenvalue weighted by Crippen LogP contribution is 2.09. The van der Waals surface area contributed by atoms with Crippen molar-refractivity contribution in [2.24, 2.45) is 0 Å². The first kappa shape index (κ1) is 20.1.